The van der Waals surface area contributed by atoms with E-state index in [-0.39, 0.29) is 38.4 Å². The zero-order valence-electron chi connectivity index (χ0n) is 29.9. The van der Waals surface area contributed by atoms with Gasteiger partial charge in [0.2, 0.25) is 5.91 Å². The quantitative estimate of drug-likeness (QED) is 0.261. The second-order valence-electron chi connectivity index (χ2n) is 17.5. The van der Waals surface area contributed by atoms with Crippen LogP contribution in [-0.2, 0) is 4.79 Å². The predicted molar refractivity (Wildman–Crippen MR) is 193 cm³/mol. The molecule has 8 heteroatoms. The number of rotatable bonds is 6. The number of aromatic nitrogens is 1. The molecule has 2 aromatic rings. The van der Waals surface area contributed by atoms with E-state index in [1.165, 1.54) is 24.6 Å². The van der Waals surface area contributed by atoms with Gasteiger partial charge in [-0.25, -0.2) is 14.6 Å². The maximum Gasteiger partial charge on any atom is 0.347 e. The van der Waals surface area contributed by atoms with Gasteiger partial charge >= 0.3 is 11.9 Å². The summed E-state index contributed by atoms with van der Waals surface area (Å²) >= 11 is 1.01. The minimum absolute atomic E-state index is 0.0521. The fourth-order valence-electron chi connectivity index (χ4n) is 13.1. The highest BCUT2D eigenvalue weighted by Crippen LogP contribution is 2.77. The second kappa shape index (κ2) is 11.4. The topological polar surface area (TPSA) is 117 Å². The number of benzene rings is 1. The van der Waals surface area contributed by atoms with Crippen LogP contribution in [0.25, 0.3) is 5.57 Å². The van der Waals surface area contributed by atoms with Crippen molar-refractivity contribution in [1.29, 1.82) is 0 Å². The summed E-state index contributed by atoms with van der Waals surface area (Å²) in [6.45, 7) is 19.1. The molecule has 1 aromatic carbocycles. The van der Waals surface area contributed by atoms with Gasteiger partial charge in [-0.05, 0) is 139 Å². The Bertz CT molecular complexity index is 1760. The number of nitrogens with zero attached hydrogens (tertiary/aromatic N) is 1. The molecule has 5 aliphatic rings. The van der Waals surface area contributed by atoms with Crippen LogP contribution >= 0.6 is 11.3 Å². The van der Waals surface area contributed by atoms with Crippen LogP contribution in [0.2, 0.25) is 0 Å². The van der Waals surface area contributed by atoms with Gasteiger partial charge in [-0.3, -0.25) is 4.79 Å². The van der Waals surface area contributed by atoms with Crippen molar-refractivity contribution in [1.82, 2.24) is 4.98 Å². The smallest absolute Gasteiger partial charge is 0.347 e. The summed E-state index contributed by atoms with van der Waals surface area (Å²) in [5, 5.41) is 22.3. The first-order chi connectivity index (χ1) is 23.0. The molecule has 5 aliphatic carbocycles. The number of nitrogens with one attached hydrogen (secondary N) is 1. The minimum atomic E-state index is -1.03. The van der Waals surface area contributed by atoms with E-state index in [1.54, 1.807) is 12.1 Å². The molecule has 262 valence electrons. The molecule has 0 radical (unpaired) electrons. The summed E-state index contributed by atoms with van der Waals surface area (Å²) in [5.74, 6) is 0.157. The van der Waals surface area contributed by atoms with Gasteiger partial charge in [0.15, 0.2) is 5.13 Å². The van der Waals surface area contributed by atoms with Gasteiger partial charge in [0, 0.05) is 0 Å². The second-order valence-corrected chi connectivity index (χ2v) is 18.5. The molecule has 1 aromatic heterocycles. The maximum atomic E-state index is 14.5. The van der Waals surface area contributed by atoms with E-state index in [0.29, 0.717) is 34.4 Å². The van der Waals surface area contributed by atoms with Crippen LogP contribution in [0.4, 0.5) is 5.13 Å². The Hall–Kier alpha value is -3.26. The van der Waals surface area contributed by atoms with Crippen molar-refractivity contribution in [2.75, 3.05) is 5.32 Å². The number of carbonyl (C=O) groups is 3. The Morgan fingerprint density at radius 3 is 2.18 bits per heavy atom. The summed E-state index contributed by atoms with van der Waals surface area (Å²) in [6.07, 6.45) is 13.5. The molecule has 4 saturated carbocycles. The summed E-state index contributed by atoms with van der Waals surface area (Å²) in [6, 6.07) is 7.44. The maximum absolute atomic E-state index is 14.5. The molecule has 0 aliphatic heterocycles. The number of thiazole rings is 1. The molecule has 1 amide bonds. The molecular formula is C41H52N2O5S. The third kappa shape index (κ3) is 4.71. The summed E-state index contributed by atoms with van der Waals surface area (Å²) < 4.78 is 0. The molecule has 7 rings (SSSR count). The van der Waals surface area contributed by atoms with E-state index in [0.717, 1.165) is 67.4 Å². The summed E-state index contributed by atoms with van der Waals surface area (Å²) in [7, 11) is 0. The lowest BCUT2D eigenvalue weighted by Gasteiger charge is -2.72. The number of aromatic carboxylic acids is 2. The van der Waals surface area contributed by atoms with E-state index in [1.807, 2.05) is 19.1 Å². The van der Waals surface area contributed by atoms with Crippen LogP contribution in [0.1, 0.15) is 125 Å². The normalized spacial score (nSPS) is 39.0. The van der Waals surface area contributed by atoms with Crippen LogP contribution in [-0.4, -0.2) is 33.0 Å². The predicted octanol–water partition coefficient (Wildman–Crippen LogP) is 9.83. The minimum Gasteiger partial charge on any atom is -0.478 e. The Balaban J connectivity index is 1.21. The number of amides is 1. The van der Waals surface area contributed by atoms with Gasteiger partial charge in [-0.1, -0.05) is 76.3 Å². The first-order valence-electron chi connectivity index (χ1n) is 18.2. The van der Waals surface area contributed by atoms with Gasteiger partial charge < -0.3 is 15.5 Å². The van der Waals surface area contributed by atoms with E-state index < -0.39 is 17.4 Å². The molecule has 4 fully saturated rings. The van der Waals surface area contributed by atoms with Gasteiger partial charge in [0.05, 0.1) is 17.2 Å². The third-order valence-corrected chi connectivity index (χ3v) is 16.4. The Labute approximate surface area is 294 Å². The first kappa shape index (κ1) is 34.2. The Morgan fingerprint density at radius 2 is 1.55 bits per heavy atom. The van der Waals surface area contributed by atoms with E-state index >= 15 is 0 Å². The van der Waals surface area contributed by atoms with Crippen molar-refractivity contribution < 1.29 is 24.6 Å². The standard InChI is InChI=1S/C41H52N2O5S/c1-23(2)41(35(48)43-36-42-22-29(49-36)34(46)47)21-15-25-14-19-39(6)28(32(25)41)12-13-31-38(5)18-16-27(24-8-10-26(11-9-24)33(44)45)37(3,4)30(38)17-20-40(31,39)7/h8-11,16,22,25,28,30-32H,1,12-15,17-21H2,2-7H3,(H,44,45)(H,46,47)(H,42,43,48)/t25-,28+,30-,31+,32+,38-,39+,40+,41-/m0/s1. The van der Waals surface area contributed by atoms with Gasteiger partial charge in [0.1, 0.15) is 4.88 Å². The number of carbonyl (C=O) groups excluding carboxylic acids is 1. The molecule has 1 heterocycles. The molecular weight excluding hydrogens is 633 g/mol. The number of anilines is 1. The number of carboxylic acids is 2. The molecule has 0 saturated heterocycles. The van der Waals surface area contributed by atoms with Crippen LogP contribution in [0.15, 0.2) is 48.7 Å². The van der Waals surface area contributed by atoms with Gasteiger partial charge in [-0.2, -0.15) is 0 Å². The van der Waals surface area contributed by atoms with E-state index in [2.05, 4.69) is 57.6 Å². The average Bonchev–Trinajstić information content (AvgIpc) is 3.67. The van der Waals surface area contributed by atoms with E-state index in [9.17, 15) is 24.6 Å². The first-order valence-corrected chi connectivity index (χ1v) is 19.0. The summed E-state index contributed by atoms with van der Waals surface area (Å²) in [5.41, 5.74) is 3.31. The zero-order valence-corrected chi connectivity index (χ0v) is 30.7. The lowest BCUT2D eigenvalue weighted by molar-refractivity contribution is -0.219. The zero-order chi connectivity index (χ0) is 35.3. The van der Waals surface area contributed by atoms with E-state index in [4.69, 9.17) is 0 Å². The Morgan fingerprint density at radius 1 is 0.878 bits per heavy atom. The van der Waals surface area contributed by atoms with Crippen molar-refractivity contribution in [2.24, 2.45) is 56.7 Å². The average molecular weight is 685 g/mol. The molecule has 3 N–H and O–H groups in total. The monoisotopic (exact) mass is 684 g/mol. The fraction of sp³-hybridized carbons (Fsp3) is 0.610. The van der Waals surface area contributed by atoms with Crippen LogP contribution < -0.4 is 5.32 Å². The lowest BCUT2D eigenvalue weighted by atomic mass is 9.33. The van der Waals surface area contributed by atoms with Crippen molar-refractivity contribution in [3.63, 3.8) is 0 Å². The highest BCUT2D eigenvalue weighted by Gasteiger charge is 2.70. The third-order valence-electron chi connectivity index (χ3n) is 15.5. The number of hydrogen-bond acceptors (Lipinski definition) is 5. The number of fused-ring (bicyclic) bond motifs is 7. The van der Waals surface area contributed by atoms with Crippen molar-refractivity contribution >= 4 is 39.9 Å². The Kier molecular flexibility index (Phi) is 7.94. The highest BCUT2D eigenvalue weighted by molar-refractivity contribution is 7.17. The number of carboxylic acid groups (broad SMARTS) is 2. The molecule has 0 bridgehead atoms. The summed E-state index contributed by atoms with van der Waals surface area (Å²) in [4.78, 5) is 41.9. The van der Waals surface area contributed by atoms with Crippen LogP contribution in [0.5, 0.6) is 0 Å². The van der Waals surface area contributed by atoms with Crippen LogP contribution in [0, 0.1) is 56.7 Å². The lowest BCUT2D eigenvalue weighted by Crippen LogP contribution is -2.65. The molecule has 9 atom stereocenters. The molecule has 0 spiro atoms. The molecule has 7 nitrogen and oxygen atoms in total. The van der Waals surface area contributed by atoms with Crippen molar-refractivity contribution in [3.05, 3.63) is 64.7 Å². The fourth-order valence-corrected chi connectivity index (χ4v) is 13.8. The molecule has 0 unspecified atom stereocenters. The highest BCUT2D eigenvalue weighted by atomic mass is 32.1. The largest absolute Gasteiger partial charge is 0.478 e. The number of allylic oxidation sites excluding steroid dienone is 2. The number of hydrogen-bond donors (Lipinski definition) is 3. The van der Waals surface area contributed by atoms with Crippen molar-refractivity contribution in [2.45, 2.75) is 99.3 Å². The van der Waals surface area contributed by atoms with Crippen LogP contribution in [0.3, 0.4) is 0 Å². The van der Waals surface area contributed by atoms with Gasteiger partial charge in [0.25, 0.3) is 0 Å². The van der Waals surface area contributed by atoms with Gasteiger partial charge in [-0.15, -0.1) is 0 Å². The van der Waals surface area contributed by atoms with Crippen molar-refractivity contribution in [3.8, 4) is 0 Å². The SMILES string of the molecule is C=C(C)[C@@]1(C(=O)Nc2ncc(C(=O)O)s2)CC[C@@H]2CC[C@]3(C)[C@H](CC[C@@H]4[C@@]5(C)CC=C(c6ccc(C(=O)O)cc6)C(C)(C)[C@@H]5CC[C@]43C)[C@@H]21. The molecule has 49 heavy (non-hydrogen) atoms.